The molecule has 0 saturated carbocycles. The number of anilines is 2. The van der Waals surface area contributed by atoms with Gasteiger partial charge in [0.1, 0.15) is 17.5 Å². The lowest BCUT2D eigenvalue weighted by Crippen LogP contribution is -2.47. The summed E-state index contributed by atoms with van der Waals surface area (Å²) in [4.78, 5) is 27.2. The smallest absolute Gasteiger partial charge is 0.147 e. The quantitative estimate of drug-likeness (QED) is 0.556. The summed E-state index contributed by atoms with van der Waals surface area (Å²) in [6.45, 7) is 9.53. The van der Waals surface area contributed by atoms with E-state index in [2.05, 4.69) is 38.6 Å². The zero-order valence-electron chi connectivity index (χ0n) is 18.8. The van der Waals surface area contributed by atoms with Crippen molar-refractivity contribution in [3.05, 3.63) is 71.3 Å². The Morgan fingerprint density at radius 2 is 1.75 bits per heavy atom. The molecule has 166 valence electrons. The van der Waals surface area contributed by atoms with Crippen LogP contribution in [0.2, 0.25) is 0 Å². The van der Waals surface area contributed by atoms with E-state index in [0.29, 0.717) is 6.42 Å². The predicted octanol–water partition coefficient (Wildman–Crippen LogP) is 4.27. The largest absolute Gasteiger partial charge is 0.352 e. The Morgan fingerprint density at radius 1 is 1.00 bits per heavy atom. The van der Waals surface area contributed by atoms with Crippen molar-refractivity contribution in [3.63, 3.8) is 0 Å². The van der Waals surface area contributed by atoms with Gasteiger partial charge in [-0.05, 0) is 31.9 Å². The van der Waals surface area contributed by atoms with E-state index in [1.807, 2.05) is 31.5 Å². The van der Waals surface area contributed by atoms with Crippen LogP contribution >= 0.6 is 11.6 Å². The van der Waals surface area contributed by atoms with Gasteiger partial charge in [-0.3, -0.25) is 9.97 Å². The van der Waals surface area contributed by atoms with Gasteiger partial charge in [-0.15, -0.1) is 0 Å². The van der Waals surface area contributed by atoms with Crippen molar-refractivity contribution in [2.24, 2.45) is 0 Å². The van der Waals surface area contributed by atoms with Gasteiger partial charge in [0.2, 0.25) is 0 Å². The molecule has 1 fully saturated rings. The molecule has 8 heteroatoms. The average molecular weight is 450 g/mol. The molecule has 1 aliphatic rings. The van der Waals surface area contributed by atoms with Gasteiger partial charge < -0.3 is 9.80 Å². The van der Waals surface area contributed by atoms with Crippen molar-refractivity contribution in [3.8, 4) is 0 Å². The number of pyridine rings is 1. The normalized spacial score (nSPS) is 15.0. The standard InChI is InChI=1S/C24H28ClN7/c1-4-17(2)23(25)22-18(3)29-20(14-19-6-5-7-26-15-19)30-24(22)32-12-10-31(11-13-32)21-16-27-8-9-28-21/h5-9,15-16H,4,10-14H2,1-3H3/b23-17-. The Balaban J connectivity index is 1.66. The van der Waals surface area contributed by atoms with E-state index in [0.717, 1.165) is 77.5 Å². The van der Waals surface area contributed by atoms with Crippen LogP contribution in [0.15, 0.2) is 48.7 Å². The van der Waals surface area contributed by atoms with Crippen LogP contribution in [-0.4, -0.2) is 51.1 Å². The summed E-state index contributed by atoms with van der Waals surface area (Å²) in [5, 5.41) is 0.754. The molecule has 0 bridgehead atoms. The van der Waals surface area contributed by atoms with Crippen LogP contribution in [0.1, 0.15) is 42.9 Å². The Morgan fingerprint density at radius 3 is 2.41 bits per heavy atom. The van der Waals surface area contributed by atoms with Crippen molar-refractivity contribution in [1.82, 2.24) is 24.9 Å². The maximum atomic E-state index is 6.86. The van der Waals surface area contributed by atoms with Gasteiger partial charge in [-0.25, -0.2) is 15.0 Å². The molecule has 3 aromatic rings. The fourth-order valence-electron chi connectivity index (χ4n) is 3.84. The Labute approximate surface area is 194 Å². The molecule has 0 atom stereocenters. The van der Waals surface area contributed by atoms with Gasteiger partial charge in [0.15, 0.2) is 0 Å². The number of allylic oxidation sites excluding steroid dienone is 1. The Kier molecular flexibility index (Phi) is 6.95. The number of nitrogens with zero attached hydrogens (tertiary/aromatic N) is 7. The van der Waals surface area contributed by atoms with Crippen LogP contribution in [0.4, 0.5) is 11.6 Å². The second kappa shape index (κ2) is 10.0. The Bertz CT molecular complexity index is 1080. The highest BCUT2D eigenvalue weighted by molar-refractivity contribution is 6.49. The molecule has 1 aliphatic heterocycles. The number of rotatable bonds is 6. The topological polar surface area (TPSA) is 70.9 Å². The molecular weight excluding hydrogens is 422 g/mol. The van der Waals surface area contributed by atoms with Gasteiger partial charge >= 0.3 is 0 Å². The molecule has 32 heavy (non-hydrogen) atoms. The minimum absolute atomic E-state index is 0.635. The van der Waals surface area contributed by atoms with E-state index in [9.17, 15) is 0 Å². The summed E-state index contributed by atoms with van der Waals surface area (Å²) < 4.78 is 0. The molecule has 1 saturated heterocycles. The third kappa shape index (κ3) is 4.88. The van der Waals surface area contributed by atoms with Gasteiger partial charge in [-0.1, -0.05) is 30.2 Å². The third-order valence-corrected chi connectivity index (χ3v) is 6.29. The molecule has 4 heterocycles. The lowest BCUT2D eigenvalue weighted by molar-refractivity contribution is 0.637. The minimum atomic E-state index is 0.635. The first kappa shape index (κ1) is 22.1. The predicted molar refractivity (Wildman–Crippen MR) is 129 cm³/mol. The zero-order chi connectivity index (χ0) is 22.5. The summed E-state index contributed by atoms with van der Waals surface area (Å²) in [5.74, 6) is 2.60. The molecule has 4 rings (SSSR count). The summed E-state index contributed by atoms with van der Waals surface area (Å²) in [5.41, 5.74) is 4.07. The molecule has 0 N–H and O–H groups in total. The summed E-state index contributed by atoms with van der Waals surface area (Å²) in [6.07, 6.45) is 10.4. The average Bonchev–Trinajstić information content (AvgIpc) is 2.84. The molecule has 0 amide bonds. The fourth-order valence-corrected chi connectivity index (χ4v) is 4.19. The van der Waals surface area contributed by atoms with E-state index >= 15 is 0 Å². The number of aromatic nitrogens is 5. The number of aryl methyl sites for hydroxylation is 1. The van der Waals surface area contributed by atoms with Gasteiger partial charge in [0.25, 0.3) is 0 Å². The Hall–Kier alpha value is -3.06. The first-order valence-electron chi connectivity index (χ1n) is 10.9. The van der Waals surface area contributed by atoms with E-state index in [1.165, 1.54) is 0 Å². The van der Waals surface area contributed by atoms with E-state index in [1.54, 1.807) is 18.6 Å². The molecule has 0 aromatic carbocycles. The minimum Gasteiger partial charge on any atom is -0.352 e. The van der Waals surface area contributed by atoms with Crippen molar-refractivity contribution >= 4 is 28.3 Å². The monoisotopic (exact) mass is 449 g/mol. The van der Waals surface area contributed by atoms with Gasteiger partial charge in [0.05, 0.1) is 22.5 Å². The first-order chi connectivity index (χ1) is 15.6. The van der Waals surface area contributed by atoms with Crippen LogP contribution in [0, 0.1) is 6.92 Å². The van der Waals surface area contributed by atoms with Crippen molar-refractivity contribution in [2.45, 2.75) is 33.6 Å². The molecule has 0 spiro atoms. The van der Waals surface area contributed by atoms with E-state index < -0.39 is 0 Å². The van der Waals surface area contributed by atoms with Gasteiger partial charge in [-0.2, -0.15) is 0 Å². The number of hydrogen-bond acceptors (Lipinski definition) is 7. The van der Waals surface area contributed by atoms with Crippen LogP contribution in [0.25, 0.3) is 5.03 Å². The molecule has 0 aliphatic carbocycles. The third-order valence-electron chi connectivity index (χ3n) is 5.78. The van der Waals surface area contributed by atoms with Crippen molar-refractivity contribution in [1.29, 1.82) is 0 Å². The summed E-state index contributed by atoms with van der Waals surface area (Å²) in [7, 11) is 0. The van der Waals surface area contributed by atoms with Crippen LogP contribution in [0.3, 0.4) is 0 Å². The number of halogens is 1. The molecule has 3 aromatic heterocycles. The van der Waals surface area contributed by atoms with E-state index in [4.69, 9.17) is 21.6 Å². The molecular formula is C24H28ClN7. The highest BCUT2D eigenvalue weighted by atomic mass is 35.5. The van der Waals surface area contributed by atoms with Crippen molar-refractivity contribution < 1.29 is 0 Å². The zero-order valence-corrected chi connectivity index (χ0v) is 19.5. The van der Waals surface area contributed by atoms with Gasteiger partial charge in [0, 0.05) is 57.4 Å². The fraction of sp³-hybridized carbons (Fsp3) is 0.375. The molecule has 0 unspecified atom stereocenters. The maximum Gasteiger partial charge on any atom is 0.147 e. The first-order valence-corrected chi connectivity index (χ1v) is 11.3. The second-order valence-electron chi connectivity index (χ2n) is 7.95. The molecule has 7 nitrogen and oxygen atoms in total. The summed E-state index contributed by atoms with van der Waals surface area (Å²) >= 11 is 6.86. The van der Waals surface area contributed by atoms with Crippen molar-refractivity contribution in [2.75, 3.05) is 36.0 Å². The molecule has 0 radical (unpaired) electrons. The number of piperazine rings is 1. The highest BCUT2D eigenvalue weighted by Gasteiger charge is 2.25. The number of hydrogen-bond donors (Lipinski definition) is 0. The van der Waals surface area contributed by atoms with Crippen LogP contribution in [-0.2, 0) is 6.42 Å². The highest BCUT2D eigenvalue weighted by Crippen LogP contribution is 2.34. The SMILES string of the molecule is CC/C(C)=C(\Cl)c1c(C)nc(Cc2cccnc2)nc1N1CCN(c2cnccn2)CC1. The second-order valence-corrected chi connectivity index (χ2v) is 8.33. The summed E-state index contributed by atoms with van der Waals surface area (Å²) in [6, 6.07) is 3.99. The lowest BCUT2D eigenvalue weighted by Gasteiger charge is -2.37. The lowest BCUT2D eigenvalue weighted by atomic mass is 10.1. The van der Waals surface area contributed by atoms with Crippen LogP contribution in [0.5, 0.6) is 0 Å². The maximum absolute atomic E-state index is 6.86. The van der Waals surface area contributed by atoms with E-state index in [-0.39, 0.29) is 0 Å². The van der Waals surface area contributed by atoms with Crippen LogP contribution < -0.4 is 9.80 Å².